The van der Waals surface area contributed by atoms with Gasteiger partial charge in [0.15, 0.2) is 9.84 Å². The molecule has 0 aliphatic carbocycles. The first-order chi connectivity index (χ1) is 29.3. The second-order valence-electron chi connectivity index (χ2n) is 15.3. The molecule has 0 saturated heterocycles. The molecular weight excluding hydrogens is 836 g/mol. The number of carbonyl (C=O) groups excluding carboxylic acids is 5. The lowest BCUT2D eigenvalue weighted by Gasteiger charge is -2.32. The van der Waals surface area contributed by atoms with Gasteiger partial charge in [-0.1, -0.05) is 54.1 Å². The SMILES string of the molecule is C[C@@H]1NC(=O)[C@@H](N(C)C(=O)[C@H](CCCCN)NC(=O)c2ccc(-c3ccc(Cl)cc3)cc2)c2ccc(O)c(c2)-c2cc(ccc2O)C[C@@H](C(=O)N[C@@H](C)/C=C/S(C)(=O)=O)NC1=O. The van der Waals surface area contributed by atoms with E-state index in [0.29, 0.717) is 30.0 Å². The van der Waals surface area contributed by atoms with Crippen molar-refractivity contribution in [2.45, 2.75) is 69.7 Å². The summed E-state index contributed by atoms with van der Waals surface area (Å²) in [5.41, 5.74) is 8.70. The highest BCUT2D eigenvalue weighted by atomic mass is 35.5. The zero-order valence-electron chi connectivity index (χ0n) is 34.7. The van der Waals surface area contributed by atoms with E-state index in [-0.39, 0.29) is 46.6 Å². The number of nitrogens with zero attached hydrogens (tertiary/aromatic N) is 1. The molecule has 5 rings (SSSR count). The van der Waals surface area contributed by atoms with E-state index < -0.39 is 69.6 Å². The van der Waals surface area contributed by atoms with Crippen molar-refractivity contribution >= 4 is 51.0 Å². The monoisotopic (exact) mass is 886 g/mol. The molecule has 1 heterocycles. The van der Waals surface area contributed by atoms with Crippen LogP contribution in [0.5, 0.6) is 11.5 Å². The fourth-order valence-electron chi connectivity index (χ4n) is 6.97. The van der Waals surface area contributed by atoms with E-state index in [1.165, 1.54) is 50.4 Å². The minimum atomic E-state index is -3.49. The number of amides is 5. The van der Waals surface area contributed by atoms with Crippen molar-refractivity contribution in [2.24, 2.45) is 5.73 Å². The number of nitrogens with two attached hydrogens (primary N) is 1. The first-order valence-corrected chi connectivity index (χ1v) is 22.3. The number of rotatable bonds is 13. The van der Waals surface area contributed by atoms with Crippen molar-refractivity contribution in [3.63, 3.8) is 0 Å². The molecule has 328 valence electrons. The van der Waals surface area contributed by atoms with Gasteiger partial charge in [-0.25, -0.2) is 8.42 Å². The number of fused-ring (bicyclic) bond motifs is 5. The molecular formula is C45H51ClN6O9S. The molecule has 0 aromatic heterocycles. The molecule has 1 aliphatic rings. The van der Waals surface area contributed by atoms with E-state index in [4.69, 9.17) is 17.3 Å². The van der Waals surface area contributed by atoms with Crippen molar-refractivity contribution < 1.29 is 42.6 Å². The number of sulfone groups is 1. The Kier molecular flexibility index (Phi) is 15.5. The van der Waals surface area contributed by atoms with Crippen LogP contribution in [0.2, 0.25) is 5.02 Å². The van der Waals surface area contributed by atoms with Crippen LogP contribution in [0.3, 0.4) is 0 Å². The summed E-state index contributed by atoms with van der Waals surface area (Å²) < 4.78 is 23.3. The minimum Gasteiger partial charge on any atom is -0.507 e. The van der Waals surface area contributed by atoms with Gasteiger partial charge in [-0.3, -0.25) is 24.0 Å². The van der Waals surface area contributed by atoms with E-state index in [0.717, 1.165) is 27.7 Å². The van der Waals surface area contributed by atoms with Crippen LogP contribution in [0, 0.1) is 0 Å². The van der Waals surface area contributed by atoms with Gasteiger partial charge in [0, 0.05) is 52.9 Å². The van der Waals surface area contributed by atoms with E-state index in [9.17, 15) is 42.6 Å². The van der Waals surface area contributed by atoms with E-state index in [2.05, 4.69) is 21.3 Å². The number of aromatic hydroxyl groups is 2. The van der Waals surface area contributed by atoms with Crippen LogP contribution in [-0.4, -0.2) is 97.1 Å². The van der Waals surface area contributed by atoms with Crippen LogP contribution < -0.4 is 27.0 Å². The number of unbranched alkanes of at least 4 members (excludes halogenated alkanes) is 1. The highest BCUT2D eigenvalue weighted by molar-refractivity contribution is 7.93. The van der Waals surface area contributed by atoms with Crippen molar-refractivity contribution in [3.8, 4) is 33.8 Å². The Morgan fingerprint density at radius 3 is 2.13 bits per heavy atom. The van der Waals surface area contributed by atoms with Crippen molar-refractivity contribution in [1.82, 2.24) is 26.2 Å². The second kappa shape index (κ2) is 20.6. The predicted molar refractivity (Wildman–Crippen MR) is 237 cm³/mol. The number of hydrogen-bond donors (Lipinski definition) is 7. The summed E-state index contributed by atoms with van der Waals surface area (Å²) in [6.07, 6.45) is 3.38. The van der Waals surface area contributed by atoms with E-state index in [1.54, 1.807) is 49.4 Å². The molecule has 4 aromatic carbocycles. The molecule has 0 unspecified atom stereocenters. The molecule has 4 bridgehead atoms. The molecule has 15 nitrogen and oxygen atoms in total. The molecule has 5 atom stereocenters. The average molecular weight is 887 g/mol. The van der Waals surface area contributed by atoms with Crippen LogP contribution in [0.1, 0.15) is 60.6 Å². The number of hydrogen-bond acceptors (Lipinski definition) is 10. The molecule has 0 saturated carbocycles. The van der Waals surface area contributed by atoms with Gasteiger partial charge in [-0.05, 0) is 110 Å². The van der Waals surface area contributed by atoms with Gasteiger partial charge in [0.25, 0.3) is 5.91 Å². The Hall–Kier alpha value is -6.23. The maximum absolute atomic E-state index is 14.5. The normalized spacial score (nSPS) is 17.8. The van der Waals surface area contributed by atoms with Crippen LogP contribution in [0.15, 0.2) is 96.4 Å². The predicted octanol–water partition coefficient (Wildman–Crippen LogP) is 4.12. The maximum atomic E-state index is 14.5. The smallest absolute Gasteiger partial charge is 0.251 e. The Morgan fingerprint density at radius 2 is 1.50 bits per heavy atom. The number of carbonyl (C=O) groups is 5. The average Bonchev–Trinajstić information content (AvgIpc) is 3.23. The Balaban J connectivity index is 1.49. The zero-order valence-corrected chi connectivity index (χ0v) is 36.3. The van der Waals surface area contributed by atoms with E-state index in [1.807, 2.05) is 12.1 Å². The number of phenolic OH excluding ortho intramolecular Hbond substituents is 2. The highest BCUT2D eigenvalue weighted by Gasteiger charge is 2.36. The number of benzene rings is 4. The maximum Gasteiger partial charge on any atom is 0.251 e. The molecule has 8 N–H and O–H groups in total. The Labute approximate surface area is 365 Å². The molecule has 62 heavy (non-hydrogen) atoms. The number of likely N-dealkylation sites (N-methyl/N-ethyl adjacent to an activating group) is 1. The third kappa shape index (κ3) is 12.2. The zero-order chi connectivity index (χ0) is 45.3. The minimum absolute atomic E-state index is 0.0991. The quantitative estimate of drug-likeness (QED) is 0.0949. The number of phenols is 2. The first kappa shape index (κ1) is 46.8. The Bertz CT molecular complexity index is 2440. The Morgan fingerprint density at radius 1 is 0.887 bits per heavy atom. The third-order valence-corrected chi connectivity index (χ3v) is 11.3. The molecule has 5 amide bonds. The van der Waals surface area contributed by atoms with Gasteiger partial charge in [0.05, 0.1) is 0 Å². The van der Waals surface area contributed by atoms with Crippen LogP contribution in [-0.2, 0) is 35.4 Å². The molecule has 0 spiro atoms. The summed E-state index contributed by atoms with van der Waals surface area (Å²) in [5, 5.41) is 34.5. The summed E-state index contributed by atoms with van der Waals surface area (Å²) in [7, 11) is -2.11. The van der Waals surface area contributed by atoms with Crippen LogP contribution in [0.4, 0.5) is 0 Å². The topological polar surface area (TPSA) is 237 Å². The standard InChI is InChI=1S/C45H51ClN6O9S/c1-26(20-22-62(4,60)61)48-43(57)37-24-28-8-18-38(53)34(23-28)35-25-32(15-19-39(35)54)40(44(58)49-27(2)41(55)51-37)52(3)45(59)36(7-5-6-21-47)50-42(56)31-11-9-29(10-12-31)30-13-16-33(46)17-14-30/h8-20,22-23,25-27,36-37,40,53-54H,5-7,21,24,47H2,1-4H3,(H,48,57)(H,49,58)(H,50,56)(H,51,55)/b22-20+/t26-,27-,36-,37-,40-/m0/s1. The summed E-state index contributed by atoms with van der Waals surface area (Å²) in [6, 6.07) is 16.9. The summed E-state index contributed by atoms with van der Waals surface area (Å²) >= 11 is 6.04. The molecule has 1 aliphatic heterocycles. The van der Waals surface area contributed by atoms with Gasteiger partial charge in [-0.15, -0.1) is 0 Å². The molecule has 0 fully saturated rings. The largest absolute Gasteiger partial charge is 0.507 e. The third-order valence-electron chi connectivity index (χ3n) is 10.4. The fourth-order valence-corrected chi connectivity index (χ4v) is 7.62. The lowest BCUT2D eigenvalue weighted by Crippen LogP contribution is -2.56. The highest BCUT2D eigenvalue weighted by Crippen LogP contribution is 2.39. The summed E-state index contributed by atoms with van der Waals surface area (Å²) in [6.45, 7) is 3.29. The summed E-state index contributed by atoms with van der Waals surface area (Å²) in [4.78, 5) is 71.1. The number of nitrogens with one attached hydrogen (secondary N) is 4. The van der Waals surface area contributed by atoms with Gasteiger partial charge < -0.3 is 42.1 Å². The lowest BCUT2D eigenvalue weighted by molar-refractivity contribution is -0.141. The fraction of sp³-hybridized carbons (Fsp3) is 0.311. The summed E-state index contributed by atoms with van der Waals surface area (Å²) in [5.74, 6) is -3.91. The van der Waals surface area contributed by atoms with Gasteiger partial charge in [-0.2, -0.15) is 0 Å². The van der Waals surface area contributed by atoms with Crippen LogP contribution >= 0.6 is 11.6 Å². The van der Waals surface area contributed by atoms with Gasteiger partial charge in [0.2, 0.25) is 23.6 Å². The van der Waals surface area contributed by atoms with E-state index >= 15 is 0 Å². The lowest BCUT2D eigenvalue weighted by atomic mass is 9.93. The van der Waals surface area contributed by atoms with Crippen LogP contribution in [0.25, 0.3) is 22.3 Å². The molecule has 0 radical (unpaired) electrons. The van der Waals surface area contributed by atoms with Crippen molar-refractivity contribution in [2.75, 3.05) is 19.8 Å². The van der Waals surface area contributed by atoms with Crippen molar-refractivity contribution in [3.05, 3.63) is 118 Å². The molecule has 17 heteroatoms. The number of halogens is 1. The second-order valence-corrected chi connectivity index (χ2v) is 17.7. The van der Waals surface area contributed by atoms with Gasteiger partial charge >= 0.3 is 0 Å². The van der Waals surface area contributed by atoms with Gasteiger partial charge in [0.1, 0.15) is 35.7 Å². The molecule has 4 aromatic rings. The van der Waals surface area contributed by atoms with Crippen molar-refractivity contribution in [1.29, 1.82) is 0 Å². The first-order valence-electron chi connectivity index (χ1n) is 19.9.